The highest BCUT2D eigenvalue weighted by Crippen LogP contribution is 2.32. The Balaban J connectivity index is 1.74. The molecule has 0 radical (unpaired) electrons. The van der Waals surface area contributed by atoms with Crippen LogP contribution in [0.2, 0.25) is 0 Å². The highest BCUT2D eigenvalue weighted by Gasteiger charge is 2.34. The predicted octanol–water partition coefficient (Wildman–Crippen LogP) is 3.08. The lowest BCUT2D eigenvalue weighted by Crippen LogP contribution is -2.40. The van der Waals surface area contributed by atoms with Gasteiger partial charge in [-0.05, 0) is 37.9 Å². The normalized spacial score (nSPS) is 21.3. The van der Waals surface area contributed by atoms with Gasteiger partial charge in [0.05, 0.1) is 5.01 Å². The Hall–Kier alpha value is -1.72. The SMILES string of the molecule is Cc1nc(C(=O)N2CC3CCCN3Cc3ccccc32)cs1. The highest BCUT2D eigenvalue weighted by molar-refractivity contribution is 7.09. The van der Waals surface area contributed by atoms with Crippen molar-refractivity contribution >= 4 is 22.9 Å². The van der Waals surface area contributed by atoms with E-state index in [1.165, 1.54) is 29.7 Å². The number of rotatable bonds is 1. The van der Waals surface area contributed by atoms with Gasteiger partial charge in [-0.25, -0.2) is 4.98 Å². The van der Waals surface area contributed by atoms with Crippen LogP contribution in [0.1, 0.15) is 33.9 Å². The van der Waals surface area contributed by atoms with Crippen molar-refractivity contribution in [3.05, 3.63) is 45.9 Å². The van der Waals surface area contributed by atoms with E-state index in [0.717, 1.165) is 30.3 Å². The summed E-state index contributed by atoms with van der Waals surface area (Å²) in [5, 5.41) is 2.81. The number of para-hydroxylation sites is 1. The number of carbonyl (C=O) groups is 1. The third kappa shape index (κ3) is 2.34. The van der Waals surface area contributed by atoms with Crippen molar-refractivity contribution in [2.75, 3.05) is 18.0 Å². The Morgan fingerprint density at radius 1 is 1.36 bits per heavy atom. The summed E-state index contributed by atoms with van der Waals surface area (Å²) >= 11 is 1.53. The molecule has 2 aliphatic rings. The van der Waals surface area contributed by atoms with Crippen LogP contribution in [0.4, 0.5) is 5.69 Å². The van der Waals surface area contributed by atoms with Gasteiger partial charge in [0.2, 0.25) is 0 Å². The second kappa shape index (κ2) is 5.48. The molecule has 2 aromatic rings. The first kappa shape index (κ1) is 13.9. The van der Waals surface area contributed by atoms with Crippen molar-refractivity contribution in [3.63, 3.8) is 0 Å². The van der Waals surface area contributed by atoms with Gasteiger partial charge >= 0.3 is 0 Å². The molecule has 2 aliphatic heterocycles. The molecule has 1 unspecified atom stereocenters. The molecule has 0 N–H and O–H groups in total. The van der Waals surface area contributed by atoms with E-state index >= 15 is 0 Å². The molecular weight excluding hydrogens is 294 g/mol. The molecule has 0 saturated carbocycles. The molecule has 22 heavy (non-hydrogen) atoms. The summed E-state index contributed by atoms with van der Waals surface area (Å²) in [5.74, 6) is 0.0329. The van der Waals surface area contributed by atoms with Crippen molar-refractivity contribution < 1.29 is 4.79 Å². The van der Waals surface area contributed by atoms with Crippen LogP contribution in [0, 0.1) is 6.92 Å². The first-order valence-corrected chi connectivity index (χ1v) is 8.66. The van der Waals surface area contributed by atoms with Crippen LogP contribution >= 0.6 is 11.3 Å². The van der Waals surface area contributed by atoms with E-state index in [-0.39, 0.29) is 5.91 Å². The zero-order valence-corrected chi connectivity index (χ0v) is 13.5. The number of anilines is 1. The second-order valence-corrected chi connectivity index (χ2v) is 7.12. The van der Waals surface area contributed by atoms with E-state index < -0.39 is 0 Å². The summed E-state index contributed by atoms with van der Waals surface area (Å²) in [7, 11) is 0. The van der Waals surface area contributed by atoms with Crippen molar-refractivity contribution in [2.24, 2.45) is 0 Å². The number of amides is 1. The number of carbonyl (C=O) groups excluding carboxylic acids is 1. The quantitative estimate of drug-likeness (QED) is 0.812. The van der Waals surface area contributed by atoms with Gasteiger partial charge < -0.3 is 4.90 Å². The molecule has 0 spiro atoms. The molecule has 1 aromatic carbocycles. The Labute approximate surface area is 134 Å². The van der Waals surface area contributed by atoms with Gasteiger partial charge in [0, 0.05) is 30.2 Å². The van der Waals surface area contributed by atoms with E-state index in [9.17, 15) is 4.79 Å². The molecule has 1 saturated heterocycles. The first-order chi connectivity index (χ1) is 10.7. The van der Waals surface area contributed by atoms with Crippen LogP contribution in [-0.2, 0) is 6.54 Å². The highest BCUT2D eigenvalue weighted by atomic mass is 32.1. The summed E-state index contributed by atoms with van der Waals surface area (Å²) in [6, 6.07) is 8.75. The number of thiazole rings is 1. The number of fused-ring (bicyclic) bond motifs is 2. The van der Waals surface area contributed by atoms with Crippen molar-refractivity contribution in [1.29, 1.82) is 0 Å². The Morgan fingerprint density at radius 2 is 2.23 bits per heavy atom. The monoisotopic (exact) mass is 313 g/mol. The van der Waals surface area contributed by atoms with Crippen molar-refractivity contribution in [1.82, 2.24) is 9.88 Å². The Morgan fingerprint density at radius 3 is 3.05 bits per heavy atom. The van der Waals surface area contributed by atoms with Gasteiger partial charge in [0.1, 0.15) is 5.69 Å². The average molecular weight is 313 g/mol. The summed E-state index contributed by atoms with van der Waals surface area (Å²) in [5.41, 5.74) is 2.86. The molecule has 4 nitrogen and oxygen atoms in total. The molecule has 1 amide bonds. The maximum atomic E-state index is 13.0. The van der Waals surface area contributed by atoms with Gasteiger partial charge in [0.25, 0.3) is 5.91 Å². The number of aryl methyl sites for hydroxylation is 1. The molecular formula is C17H19N3OS. The number of hydrogen-bond acceptors (Lipinski definition) is 4. The van der Waals surface area contributed by atoms with Crippen molar-refractivity contribution in [3.8, 4) is 0 Å². The minimum Gasteiger partial charge on any atom is -0.305 e. The minimum atomic E-state index is 0.0329. The zero-order valence-electron chi connectivity index (χ0n) is 12.7. The van der Waals surface area contributed by atoms with Crippen LogP contribution in [-0.4, -0.2) is 34.9 Å². The third-order valence-corrected chi connectivity index (χ3v) is 5.41. The number of benzene rings is 1. The molecule has 5 heteroatoms. The topological polar surface area (TPSA) is 36.4 Å². The van der Waals surface area contributed by atoms with Gasteiger partial charge in [-0.3, -0.25) is 9.69 Å². The molecule has 1 atom stereocenters. The van der Waals surface area contributed by atoms with Gasteiger partial charge in [-0.1, -0.05) is 18.2 Å². The molecule has 4 rings (SSSR count). The van der Waals surface area contributed by atoms with E-state index in [1.54, 1.807) is 0 Å². The predicted molar refractivity (Wildman–Crippen MR) is 88.4 cm³/mol. The lowest BCUT2D eigenvalue weighted by Gasteiger charge is -2.25. The van der Waals surface area contributed by atoms with E-state index in [4.69, 9.17) is 0 Å². The number of nitrogens with zero attached hydrogens (tertiary/aromatic N) is 3. The van der Waals surface area contributed by atoms with Crippen LogP contribution in [0.25, 0.3) is 0 Å². The molecule has 0 aliphatic carbocycles. The summed E-state index contributed by atoms with van der Waals surface area (Å²) < 4.78 is 0. The Kier molecular flexibility index (Phi) is 3.47. The summed E-state index contributed by atoms with van der Waals surface area (Å²) in [4.78, 5) is 21.8. The molecule has 114 valence electrons. The van der Waals surface area contributed by atoms with Crippen LogP contribution < -0.4 is 4.90 Å². The number of aromatic nitrogens is 1. The van der Waals surface area contributed by atoms with Crippen LogP contribution in [0.15, 0.2) is 29.6 Å². The molecule has 1 fully saturated rings. The van der Waals surface area contributed by atoms with Crippen LogP contribution in [0.3, 0.4) is 0 Å². The molecule has 1 aromatic heterocycles. The fourth-order valence-electron chi connectivity index (χ4n) is 3.54. The lowest BCUT2D eigenvalue weighted by atomic mass is 10.1. The largest absolute Gasteiger partial charge is 0.305 e. The van der Waals surface area contributed by atoms with Gasteiger partial charge in [-0.2, -0.15) is 0 Å². The molecule has 0 bridgehead atoms. The lowest BCUT2D eigenvalue weighted by molar-refractivity contribution is 0.0976. The fourth-order valence-corrected chi connectivity index (χ4v) is 4.12. The summed E-state index contributed by atoms with van der Waals surface area (Å²) in [6.07, 6.45) is 2.40. The van der Waals surface area contributed by atoms with E-state index in [2.05, 4.69) is 28.1 Å². The maximum Gasteiger partial charge on any atom is 0.277 e. The summed E-state index contributed by atoms with van der Waals surface area (Å²) in [6.45, 7) is 4.79. The van der Waals surface area contributed by atoms with E-state index in [0.29, 0.717) is 11.7 Å². The maximum absolute atomic E-state index is 13.0. The second-order valence-electron chi connectivity index (χ2n) is 6.06. The average Bonchev–Trinajstić information content (AvgIpc) is 3.11. The standard InChI is InChI=1S/C17H19N3OS/c1-12-18-15(11-22-12)17(21)20-10-14-6-4-8-19(14)9-13-5-2-3-7-16(13)20/h2-3,5,7,11,14H,4,6,8-10H2,1H3. The van der Waals surface area contributed by atoms with Crippen molar-refractivity contribution in [2.45, 2.75) is 32.4 Å². The first-order valence-electron chi connectivity index (χ1n) is 7.78. The third-order valence-electron chi connectivity index (χ3n) is 4.63. The number of hydrogen-bond donors (Lipinski definition) is 0. The van der Waals surface area contributed by atoms with Gasteiger partial charge in [0.15, 0.2) is 0 Å². The Bertz CT molecular complexity index is 711. The van der Waals surface area contributed by atoms with Crippen LogP contribution in [0.5, 0.6) is 0 Å². The smallest absolute Gasteiger partial charge is 0.277 e. The van der Waals surface area contributed by atoms with Gasteiger partial charge in [-0.15, -0.1) is 11.3 Å². The minimum absolute atomic E-state index is 0.0329. The fraction of sp³-hybridized carbons (Fsp3) is 0.412. The zero-order chi connectivity index (χ0) is 15.1. The van der Waals surface area contributed by atoms with E-state index in [1.807, 2.05) is 23.3 Å². The molecule has 3 heterocycles.